The smallest absolute Gasteiger partial charge is 0.162 e. The van der Waals surface area contributed by atoms with Crippen LogP contribution >= 0.6 is 11.3 Å². The molecule has 3 nitrogen and oxygen atoms in total. The van der Waals surface area contributed by atoms with Crippen LogP contribution in [-0.2, 0) is 6.42 Å². The topological polar surface area (TPSA) is 52.0 Å². The molecule has 0 saturated carbocycles. The van der Waals surface area contributed by atoms with Crippen LogP contribution in [0.15, 0.2) is 22.8 Å². The molecule has 1 aliphatic carbocycles. The highest BCUT2D eigenvalue weighted by molar-refractivity contribution is 7.15. The fraction of sp³-hybridized carbons (Fsp3) is 0.417. The van der Waals surface area contributed by atoms with Crippen LogP contribution in [0, 0.1) is 0 Å². The van der Waals surface area contributed by atoms with Crippen molar-refractivity contribution in [2.45, 2.75) is 25.2 Å². The van der Waals surface area contributed by atoms with Crippen molar-refractivity contribution in [1.82, 2.24) is 4.98 Å². The number of rotatable bonds is 3. The van der Waals surface area contributed by atoms with Gasteiger partial charge in [-0.2, -0.15) is 0 Å². The van der Waals surface area contributed by atoms with Crippen molar-refractivity contribution in [2.24, 2.45) is 5.73 Å². The van der Waals surface area contributed by atoms with Crippen molar-refractivity contribution >= 4 is 11.3 Å². The average Bonchev–Trinajstić information content (AvgIpc) is 2.93. The molecule has 3 rings (SSSR count). The standard InChI is InChI=1S/C12H14N2OS/c13-6-5-8-3-4-10-11(8)14-12(16-10)9-2-1-7-15-9/h1-2,7-8H,3-6,13H2. The summed E-state index contributed by atoms with van der Waals surface area (Å²) in [6, 6.07) is 3.87. The summed E-state index contributed by atoms with van der Waals surface area (Å²) in [7, 11) is 0. The van der Waals surface area contributed by atoms with Crippen LogP contribution in [0.4, 0.5) is 0 Å². The first-order chi connectivity index (χ1) is 7.88. The Hall–Kier alpha value is -1.13. The third-order valence-corrected chi connectivity index (χ3v) is 4.23. The Morgan fingerprint density at radius 3 is 3.25 bits per heavy atom. The van der Waals surface area contributed by atoms with E-state index in [9.17, 15) is 0 Å². The molecular weight excluding hydrogens is 220 g/mol. The molecule has 1 unspecified atom stereocenters. The van der Waals surface area contributed by atoms with Gasteiger partial charge in [-0.3, -0.25) is 0 Å². The van der Waals surface area contributed by atoms with Gasteiger partial charge in [0.25, 0.3) is 0 Å². The minimum atomic E-state index is 0.569. The Balaban J connectivity index is 1.93. The van der Waals surface area contributed by atoms with E-state index in [0.717, 1.165) is 30.2 Å². The van der Waals surface area contributed by atoms with E-state index in [1.165, 1.54) is 17.0 Å². The maximum atomic E-state index is 5.62. The molecule has 0 aromatic carbocycles. The van der Waals surface area contributed by atoms with Crippen molar-refractivity contribution < 1.29 is 4.42 Å². The molecule has 2 aromatic rings. The van der Waals surface area contributed by atoms with Gasteiger partial charge in [0.1, 0.15) is 0 Å². The molecule has 2 N–H and O–H groups in total. The van der Waals surface area contributed by atoms with Crippen molar-refractivity contribution in [3.8, 4) is 10.8 Å². The summed E-state index contributed by atoms with van der Waals surface area (Å²) in [6.07, 6.45) is 5.11. The zero-order valence-corrected chi connectivity index (χ0v) is 9.80. The number of nitrogens with zero attached hydrogens (tertiary/aromatic N) is 1. The molecule has 0 amide bonds. The van der Waals surface area contributed by atoms with Crippen LogP contribution in [0.2, 0.25) is 0 Å². The third kappa shape index (κ3) is 1.58. The lowest BCUT2D eigenvalue weighted by Gasteiger charge is -2.05. The maximum absolute atomic E-state index is 5.62. The molecule has 0 spiro atoms. The van der Waals surface area contributed by atoms with E-state index >= 15 is 0 Å². The largest absolute Gasteiger partial charge is 0.462 e. The van der Waals surface area contributed by atoms with Gasteiger partial charge < -0.3 is 10.2 Å². The second kappa shape index (κ2) is 4.03. The van der Waals surface area contributed by atoms with Crippen LogP contribution in [0.25, 0.3) is 10.8 Å². The molecule has 16 heavy (non-hydrogen) atoms. The minimum Gasteiger partial charge on any atom is -0.462 e. The van der Waals surface area contributed by atoms with Gasteiger partial charge in [-0.25, -0.2) is 4.98 Å². The number of thiazole rings is 1. The Morgan fingerprint density at radius 2 is 2.50 bits per heavy atom. The van der Waals surface area contributed by atoms with E-state index in [0.29, 0.717) is 5.92 Å². The third-order valence-electron chi connectivity index (χ3n) is 3.08. The molecule has 0 aliphatic heterocycles. The normalized spacial score (nSPS) is 18.9. The Bertz CT molecular complexity index is 475. The number of furan rings is 1. The van der Waals surface area contributed by atoms with Crippen molar-refractivity contribution in [2.75, 3.05) is 6.54 Å². The van der Waals surface area contributed by atoms with Crippen LogP contribution < -0.4 is 5.73 Å². The first-order valence-corrected chi connectivity index (χ1v) is 6.43. The maximum Gasteiger partial charge on any atom is 0.162 e. The van der Waals surface area contributed by atoms with E-state index in [-0.39, 0.29) is 0 Å². The fourth-order valence-corrected chi connectivity index (χ4v) is 3.42. The van der Waals surface area contributed by atoms with Crippen molar-refractivity contribution in [3.63, 3.8) is 0 Å². The van der Waals surface area contributed by atoms with E-state index in [1.54, 1.807) is 17.6 Å². The molecule has 0 bridgehead atoms. The molecule has 2 aromatic heterocycles. The monoisotopic (exact) mass is 234 g/mol. The van der Waals surface area contributed by atoms with Gasteiger partial charge in [0.05, 0.1) is 12.0 Å². The first-order valence-electron chi connectivity index (χ1n) is 5.62. The van der Waals surface area contributed by atoms with Gasteiger partial charge >= 0.3 is 0 Å². The average molecular weight is 234 g/mol. The van der Waals surface area contributed by atoms with Gasteiger partial charge in [0.2, 0.25) is 0 Å². The molecule has 84 valence electrons. The number of hydrogen-bond acceptors (Lipinski definition) is 4. The summed E-state index contributed by atoms with van der Waals surface area (Å²) in [5.41, 5.74) is 6.89. The molecule has 2 heterocycles. The highest BCUT2D eigenvalue weighted by Gasteiger charge is 2.27. The van der Waals surface area contributed by atoms with Crippen molar-refractivity contribution in [3.05, 3.63) is 29.0 Å². The van der Waals surface area contributed by atoms with Crippen molar-refractivity contribution in [1.29, 1.82) is 0 Å². The molecule has 0 saturated heterocycles. The summed E-state index contributed by atoms with van der Waals surface area (Å²) in [5, 5.41) is 1.01. The quantitative estimate of drug-likeness (QED) is 0.888. The lowest BCUT2D eigenvalue weighted by molar-refractivity contribution is 0.579. The second-order valence-corrected chi connectivity index (χ2v) is 5.20. The van der Waals surface area contributed by atoms with E-state index < -0.39 is 0 Å². The zero-order chi connectivity index (χ0) is 11.0. The lowest BCUT2D eigenvalue weighted by Crippen LogP contribution is -2.05. The first kappa shape index (κ1) is 10.1. The Morgan fingerprint density at radius 1 is 1.56 bits per heavy atom. The second-order valence-electron chi connectivity index (χ2n) is 4.12. The summed E-state index contributed by atoms with van der Waals surface area (Å²) in [5.74, 6) is 1.45. The highest BCUT2D eigenvalue weighted by atomic mass is 32.1. The van der Waals surface area contributed by atoms with E-state index in [2.05, 4.69) is 0 Å². The van der Waals surface area contributed by atoms with Gasteiger partial charge in [-0.05, 0) is 37.9 Å². The molecule has 0 radical (unpaired) electrons. The molecule has 0 fully saturated rings. The lowest BCUT2D eigenvalue weighted by atomic mass is 10.0. The Kier molecular flexibility index (Phi) is 2.53. The zero-order valence-electron chi connectivity index (χ0n) is 8.98. The van der Waals surface area contributed by atoms with Gasteiger partial charge in [0, 0.05) is 10.8 Å². The molecule has 1 aliphatic rings. The van der Waals surface area contributed by atoms with Crippen LogP contribution in [0.5, 0.6) is 0 Å². The fourth-order valence-electron chi connectivity index (χ4n) is 2.29. The number of aromatic nitrogens is 1. The number of fused-ring (bicyclic) bond motifs is 1. The predicted octanol–water partition coefficient (Wildman–Crippen LogP) is 2.78. The van der Waals surface area contributed by atoms with Crippen LogP contribution in [0.3, 0.4) is 0 Å². The summed E-state index contributed by atoms with van der Waals surface area (Å²) >= 11 is 1.76. The molecule has 1 atom stereocenters. The summed E-state index contributed by atoms with van der Waals surface area (Å²) in [6.45, 7) is 0.748. The highest BCUT2D eigenvalue weighted by Crippen LogP contribution is 2.40. The minimum absolute atomic E-state index is 0.569. The van der Waals surface area contributed by atoms with Crippen LogP contribution in [-0.4, -0.2) is 11.5 Å². The molecule has 4 heteroatoms. The number of aryl methyl sites for hydroxylation is 1. The van der Waals surface area contributed by atoms with Gasteiger partial charge in [0.15, 0.2) is 10.8 Å². The van der Waals surface area contributed by atoms with E-state index in [1.807, 2.05) is 12.1 Å². The van der Waals surface area contributed by atoms with Gasteiger partial charge in [-0.1, -0.05) is 0 Å². The van der Waals surface area contributed by atoms with E-state index in [4.69, 9.17) is 15.1 Å². The SMILES string of the molecule is NCCC1CCc2sc(-c3ccco3)nc21. The number of hydrogen-bond donors (Lipinski definition) is 1. The predicted molar refractivity (Wildman–Crippen MR) is 64.5 cm³/mol. The Labute approximate surface area is 98.3 Å². The summed E-state index contributed by atoms with van der Waals surface area (Å²) < 4.78 is 5.37. The summed E-state index contributed by atoms with van der Waals surface area (Å²) in [4.78, 5) is 6.12. The number of nitrogens with two attached hydrogens (primary N) is 1. The molecular formula is C12H14N2OS. The van der Waals surface area contributed by atoms with Crippen LogP contribution in [0.1, 0.15) is 29.3 Å². The van der Waals surface area contributed by atoms with Gasteiger partial charge in [-0.15, -0.1) is 11.3 Å².